The molecule has 0 aliphatic rings. The van der Waals surface area contributed by atoms with Gasteiger partial charge in [-0.2, -0.15) is 0 Å². The maximum absolute atomic E-state index is 12.8. The number of rotatable bonds is 8. The lowest BCUT2D eigenvalue weighted by Crippen LogP contribution is -3.14. The van der Waals surface area contributed by atoms with Gasteiger partial charge >= 0.3 is 0 Å². The second-order valence-corrected chi connectivity index (χ2v) is 6.52. The number of para-hydroxylation sites is 1. The van der Waals surface area contributed by atoms with E-state index in [9.17, 15) is 9.59 Å². The van der Waals surface area contributed by atoms with Crippen molar-refractivity contribution in [2.24, 2.45) is 0 Å². The molecular formula is C20H27N2O3+. The quantitative estimate of drug-likeness (QED) is 0.721. The molecule has 2 aromatic rings. The molecule has 1 heterocycles. The summed E-state index contributed by atoms with van der Waals surface area (Å²) in [6, 6.07) is 9.41. The van der Waals surface area contributed by atoms with Crippen molar-refractivity contribution in [3.8, 4) is 5.75 Å². The Morgan fingerprint density at radius 1 is 1.20 bits per heavy atom. The van der Waals surface area contributed by atoms with E-state index in [0.717, 1.165) is 21.9 Å². The fraction of sp³-hybridized carbons (Fsp3) is 0.400. The highest BCUT2D eigenvalue weighted by Gasteiger charge is 2.28. The van der Waals surface area contributed by atoms with Crippen LogP contribution >= 0.6 is 0 Å². The van der Waals surface area contributed by atoms with E-state index in [0.29, 0.717) is 24.4 Å². The van der Waals surface area contributed by atoms with Crippen LogP contribution in [0.2, 0.25) is 0 Å². The van der Waals surface area contributed by atoms with Crippen LogP contribution in [0.4, 0.5) is 0 Å². The Labute approximate surface area is 149 Å². The lowest BCUT2D eigenvalue weighted by Gasteiger charge is -2.20. The van der Waals surface area contributed by atoms with Crippen molar-refractivity contribution in [1.82, 2.24) is 4.98 Å². The van der Waals surface area contributed by atoms with E-state index in [2.05, 4.69) is 4.98 Å². The molecule has 0 radical (unpaired) electrons. The maximum atomic E-state index is 12.8. The molecule has 0 aliphatic carbocycles. The van der Waals surface area contributed by atoms with Crippen LogP contribution in [0.15, 0.2) is 30.3 Å². The summed E-state index contributed by atoms with van der Waals surface area (Å²) in [6.45, 7) is 8.33. The van der Waals surface area contributed by atoms with Gasteiger partial charge in [-0.1, -0.05) is 18.2 Å². The lowest BCUT2D eigenvalue weighted by molar-refractivity contribution is -0.893. The molecule has 0 saturated heterocycles. The monoisotopic (exact) mass is 343 g/mol. The van der Waals surface area contributed by atoms with Crippen LogP contribution in [0.1, 0.15) is 46.0 Å². The second-order valence-electron chi connectivity index (χ2n) is 6.52. The van der Waals surface area contributed by atoms with Crippen LogP contribution in [-0.2, 0) is 0 Å². The molecule has 0 aliphatic heterocycles. The molecule has 2 rings (SSSR count). The van der Waals surface area contributed by atoms with Gasteiger partial charge in [-0.15, -0.1) is 0 Å². The normalized spacial score (nSPS) is 13.3. The van der Waals surface area contributed by atoms with Gasteiger partial charge in [0.25, 0.3) is 0 Å². The molecule has 1 unspecified atom stereocenters. The molecule has 0 amide bonds. The van der Waals surface area contributed by atoms with Crippen LogP contribution < -0.4 is 9.64 Å². The van der Waals surface area contributed by atoms with Crippen molar-refractivity contribution >= 4 is 11.6 Å². The van der Waals surface area contributed by atoms with Crippen molar-refractivity contribution in [1.29, 1.82) is 0 Å². The highest BCUT2D eigenvalue weighted by Crippen LogP contribution is 2.19. The fourth-order valence-electron chi connectivity index (χ4n) is 3.03. The van der Waals surface area contributed by atoms with Crippen molar-refractivity contribution in [2.45, 2.75) is 33.7 Å². The van der Waals surface area contributed by atoms with E-state index in [1.807, 2.05) is 58.2 Å². The molecule has 134 valence electrons. The first-order chi connectivity index (χ1) is 11.8. The van der Waals surface area contributed by atoms with Gasteiger partial charge in [0.05, 0.1) is 12.7 Å². The van der Waals surface area contributed by atoms with Gasteiger partial charge in [0.1, 0.15) is 24.9 Å². The molecule has 0 saturated carbocycles. The number of likely N-dealkylation sites (N-methyl/N-ethyl adjacent to an activating group) is 1. The number of ketones is 2. The Morgan fingerprint density at radius 2 is 1.84 bits per heavy atom. The van der Waals surface area contributed by atoms with Crippen LogP contribution in [0.3, 0.4) is 0 Å². The van der Waals surface area contributed by atoms with Crippen molar-refractivity contribution in [2.75, 3.05) is 20.2 Å². The largest absolute Gasteiger partial charge is 0.488 e. The average molecular weight is 343 g/mol. The summed E-state index contributed by atoms with van der Waals surface area (Å²) < 4.78 is 5.71. The van der Waals surface area contributed by atoms with Gasteiger partial charge in [0.2, 0.25) is 5.78 Å². The van der Waals surface area contributed by atoms with Gasteiger partial charge in [0, 0.05) is 11.3 Å². The number of benzene rings is 1. The number of carbonyl (C=O) groups is 2. The summed E-state index contributed by atoms with van der Waals surface area (Å²) in [4.78, 5) is 28.7. The lowest BCUT2D eigenvalue weighted by atomic mass is 10.0. The van der Waals surface area contributed by atoms with Crippen LogP contribution in [0.25, 0.3) is 0 Å². The zero-order valence-corrected chi connectivity index (χ0v) is 15.6. The minimum atomic E-state index is -0.226. The van der Waals surface area contributed by atoms with Gasteiger partial charge < -0.3 is 14.6 Å². The number of aryl methyl sites for hydroxylation is 1. The highest BCUT2D eigenvalue weighted by molar-refractivity contribution is 6.04. The summed E-state index contributed by atoms with van der Waals surface area (Å²) in [5.41, 5.74) is 2.67. The van der Waals surface area contributed by atoms with Crippen molar-refractivity contribution < 1.29 is 19.2 Å². The van der Waals surface area contributed by atoms with E-state index in [4.69, 9.17) is 4.74 Å². The number of aromatic nitrogens is 1. The number of hydrogen-bond donors (Lipinski definition) is 2. The molecule has 5 heteroatoms. The topological polar surface area (TPSA) is 63.6 Å². The van der Waals surface area contributed by atoms with Gasteiger partial charge in [-0.25, -0.2) is 0 Å². The molecule has 0 fully saturated rings. The van der Waals surface area contributed by atoms with E-state index in [1.165, 1.54) is 6.92 Å². The predicted molar refractivity (Wildman–Crippen MR) is 97.8 cm³/mol. The molecule has 0 bridgehead atoms. The van der Waals surface area contributed by atoms with Gasteiger partial charge in [-0.05, 0) is 45.4 Å². The molecule has 2 N–H and O–H groups in total. The van der Waals surface area contributed by atoms with E-state index in [1.54, 1.807) is 0 Å². The van der Waals surface area contributed by atoms with Gasteiger partial charge in [-0.3, -0.25) is 9.59 Å². The average Bonchev–Trinajstić information content (AvgIpc) is 2.88. The molecular weight excluding hydrogens is 316 g/mol. The minimum Gasteiger partial charge on any atom is -0.488 e. The number of ether oxygens (including phenoxy) is 1. The molecule has 25 heavy (non-hydrogen) atoms. The predicted octanol–water partition coefficient (Wildman–Crippen LogP) is 2.00. The third-order valence-electron chi connectivity index (χ3n) is 4.68. The first-order valence-corrected chi connectivity index (χ1v) is 8.57. The first-order valence-electron chi connectivity index (χ1n) is 8.57. The van der Waals surface area contributed by atoms with E-state index < -0.39 is 0 Å². The Morgan fingerprint density at radius 3 is 2.40 bits per heavy atom. The smallest absolute Gasteiger partial charge is 0.235 e. The van der Waals surface area contributed by atoms with Crippen molar-refractivity contribution in [3.63, 3.8) is 0 Å². The maximum Gasteiger partial charge on any atom is 0.235 e. The number of quaternary nitrogens is 1. The van der Waals surface area contributed by atoms with Gasteiger partial charge in [0.15, 0.2) is 5.78 Å². The third kappa shape index (κ3) is 4.37. The second kappa shape index (κ2) is 8.12. The van der Waals surface area contributed by atoms with Crippen LogP contribution in [0.5, 0.6) is 5.75 Å². The molecule has 1 aromatic heterocycles. The Hall–Kier alpha value is -2.40. The summed E-state index contributed by atoms with van der Waals surface area (Å²) >= 11 is 0. The number of carbonyl (C=O) groups excluding carboxylic acids is 2. The number of hydrogen-bond acceptors (Lipinski definition) is 3. The fourth-order valence-corrected chi connectivity index (χ4v) is 3.03. The minimum absolute atomic E-state index is 0.0186. The molecule has 1 aromatic carbocycles. The molecule has 5 nitrogen and oxygen atoms in total. The molecule has 0 spiro atoms. The Kier molecular flexibility index (Phi) is 6.15. The Bertz CT molecular complexity index is 750. The summed E-state index contributed by atoms with van der Waals surface area (Å²) in [7, 11) is 1.98. The number of Topliss-reactive ketones (excluding diaryl/α,β-unsaturated/α-hetero) is 2. The SMILES string of the molecule is CC(=O)c1c(C)[nH]c(C(=O)[C@@H](C)[NH+](C)CCOc2ccccc2)c1C. The Balaban J connectivity index is 1.99. The zero-order chi connectivity index (χ0) is 18.6. The highest BCUT2D eigenvalue weighted by atomic mass is 16.5. The number of H-pyrrole nitrogens is 1. The summed E-state index contributed by atoms with van der Waals surface area (Å²) in [5.74, 6) is 0.830. The van der Waals surface area contributed by atoms with Crippen molar-refractivity contribution in [3.05, 3.63) is 52.8 Å². The first kappa shape index (κ1) is 18.9. The van der Waals surface area contributed by atoms with Crippen LogP contribution in [-0.4, -0.2) is 42.8 Å². The third-order valence-corrected chi connectivity index (χ3v) is 4.68. The number of aromatic amines is 1. The molecule has 2 atom stereocenters. The summed E-state index contributed by atoms with van der Waals surface area (Å²) in [5, 5.41) is 0. The number of nitrogens with one attached hydrogen (secondary N) is 2. The summed E-state index contributed by atoms with van der Waals surface area (Å²) in [6.07, 6.45) is 0. The van der Waals surface area contributed by atoms with Crippen LogP contribution in [0, 0.1) is 13.8 Å². The van der Waals surface area contributed by atoms with E-state index in [-0.39, 0.29) is 17.6 Å². The zero-order valence-electron chi connectivity index (χ0n) is 15.6. The van der Waals surface area contributed by atoms with E-state index >= 15 is 0 Å². The standard InChI is InChI=1S/C20H26N2O3/c1-13-18(16(4)23)14(2)21-19(13)20(24)15(3)22(5)11-12-25-17-9-7-6-8-10-17/h6-10,15,21H,11-12H2,1-5H3/p+1/t15-/m1/s1.